The summed E-state index contributed by atoms with van der Waals surface area (Å²) in [5, 5.41) is 0. The number of Topliss-reactive ketones (excluding diaryl/α,β-unsaturated/α-hetero) is 1. The van der Waals surface area contributed by atoms with Crippen LogP contribution in [-0.4, -0.2) is 30.7 Å². The Morgan fingerprint density at radius 1 is 1.27 bits per heavy atom. The number of hydrogen-bond donors (Lipinski definition) is 0. The predicted octanol–water partition coefficient (Wildman–Crippen LogP) is 0.690. The number of hydrogen-bond acceptors (Lipinski definition) is 2. The van der Waals surface area contributed by atoms with E-state index >= 15 is 0 Å². The van der Waals surface area contributed by atoms with Crippen molar-refractivity contribution >= 4 is 11.7 Å². The lowest BCUT2D eigenvalue weighted by Crippen LogP contribution is -2.25. The van der Waals surface area contributed by atoms with E-state index in [-0.39, 0.29) is 24.0 Å². The lowest BCUT2D eigenvalue weighted by molar-refractivity contribution is -0.134. The van der Waals surface area contributed by atoms with Crippen LogP contribution in [0.15, 0.2) is 0 Å². The maximum absolute atomic E-state index is 11.0. The molecule has 0 aromatic rings. The molecule has 0 unspecified atom stereocenters. The number of rotatable bonds is 3. The molecule has 0 spiro atoms. The van der Waals surface area contributed by atoms with Crippen LogP contribution in [0.3, 0.4) is 0 Å². The van der Waals surface area contributed by atoms with Crippen LogP contribution in [0.25, 0.3) is 0 Å². The number of nitrogens with zero attached hydrogens (tertiary/aromatic N) is 1. The highest BCUT2D eigenvalue weighted by atomic mass is 16.2. The van der Waals surface area contributed by atoms with Crippen LogP contribution >= 0.6 is 0 Å². The fourth-order valence-corrected chi connectivity index (χ4v) is 0.511. The van der Waals surface area contributed by atoms with Gasteiger partial charge in [0, 0.05) is 20.0 Å². The van der Waals surface area contributed by atoms with Gasteiger partial charge in [0.15, 0.2) is 0 Å². The average molecular weight is 157 g/mol. The zero-order valence-electron chi connectivity index (χ0n) is 7.55. The second kappa shape index (κ2) is 4.11. The summed E-state index contributed by atoms with van der Waals surface area (Å²) in [6, 6.07) is 0. The molecular formula is C8H15NO2. The number of ketones is 1. The molecule has 0 aliphatic heterocycles. The summed E-state index contributed by atoms with van der Waals surface area (Å²) in [4.78, 5) is 23.4. The fraction of sp³-hybridized carbons (Fsp3) is 0.750. The maximum Gasteiger partial charge on any atom is 0.229 e. The molecule has 0 atom stereocenters. The van der Waals surface area contributed by atoms with Crippen LogP contribution in [0.1, 0.15) is 20.3 Å². The van der Waals surface area contributed by atoms with Crippen molar-refractivity contribution in [1.29, 1.82) is 0 Å². The normalized spacial score (nSPS) is 9.91. The van der Waals surface area contributed by atoms with Crippen LogP contribution in [-0.2, 0) is 9.59 Å². The SMILES string of the molecule is CC(C)C(=O)CC(=O)N(C)C. The molecule has 11 heavy (non-hydrogen) atoms. The largest absolute Gasteiger partial charge is 0.348 e. The van der Waals surface area contributed by atoms with E-state index in [1.807, 2.05) is 0 Å². The minimum atomic E-state index is -0.122. The van der Waals surface area contributed by atoms with Gasteiger partial charge in [-0.1, -0.05) is 13.8 Å². The Kier molecular flexibility index (Phi) is 3.79. The summed E-state index contributed by atoms with van der Waals surface area (Å²) in [5.41, 5.74) is 0. The molecule has 3 nitrogen and oxygen atoms in total. The third-order valence-corrected chi connectivity index (χ3v) is 1.47. The lowest BCUT2D eigenvalue weighted by atomic mass is 10.1. The topological polar surface area (TPSA) is 37.4 Å². The summed E-state index contributed by atoms with van der Waals surface area (Å²) in [5.74, 6) is -0.161. The monoisotopic (exact) mass is 157 g/mol. The summed E-state index contributed by atoms with van der Waals surface area (Å²) < 4.78 is 0. The third-order valence-electron chi connectivity index (χ3n) is 1.47. The molecule has 0 aromatic heterocycles. The first-order valence-electron chi connectivity index (χ1n) is 3.68. The smallest absolute Gasteiger partial charge is 0.229 e. The van der Waals surface area contributed by atoms with Crippen molar-refractivity contribution in [2.24, 2.45) is 5.92 Å². The van der Waals surface area contributed by atoms with E-state index in [0.29, 0.717) is 0 Å². The summed E-state index contributed by atoms with van der Waals surface area (Å²) in [6.45, 7) is 3.59. The molecule has 1 amide bonds. The predicted molar refractivity (Wildman–Crippen MR) is 43.2 cm³/mol. The zero-order valence-corrected chi connectivity index (χ0v) is 7.55. The Bertz CT molecular complexity index is 143. The third kappa shape index (κ3) is 3.75. The van der Waals surface area contributed by atoms with Crippen molar-refractivity contribution in [3.8, 4) is 0 Å². The van der Waals surface area contributed by atoms with Crippen LogP contribution < -0.4 is 0 Å². The second-order valence-corrected chi connectivity index (χ2v) is 3.09. The van der Waals surface area contributed by atoms with Crippen LogP contribution in [0.5, 0.6) is 0 Å². The van der Waals surface area contributed by atoms with Gasteiger partial charge >= 0.3 is 0 Å². The molecule has 0 rings (SSSR count). The molecule has 0 bridgehead atoms. The molecule has 0 N–H and O–H groups in total. The fourth-order valence-electron chi connectivity index (χ4n) is 0.511. The van der Waals surface area contributed by atoms with E-state index in [9.17, 15) is 9.59 Å². The van der Waals surface area contributed by atoms with Gasteiger partial charge in [-0.2, -0.15) is 0 Å². The molecule has 3 heteroatoms. The number of amides is 1. The molecule has 0 radical (unpaired) electrons. The zero-order chi connectivity index (χ0) is 9.02. The highest BCUT2D eigenvalue weighted by Crippen LogP contribution is 1.99. The van der Waals surface area contributed by atoms with Crippen LogP contribution in [0.2, 0.25) is 0 Å². The molecule has 0 aromatic carbocycles. The minimum Gasteiger partial charge on any atom is -0.348 e. The average Bonchev–Trinajstić information content (AvgIpc) is 1.87. The first-order chi connectivity index (χ1) is 4.95. The summed E-state index contributed by atoms with van der Waals surface area (Å²) in [7, 11) is 3.30. The molecular weight excluding hydrogens is 142 g/mol. The number of carbonyl (C=O) groups excluding carboxylic acids is 2. The van der Waals surface area contributed by atoms with E-state index in [2.05, 4.69) is 0 Å². The van der Waals surface area contributed by atoms with E-state index in [4.69, 9.17) is 0 Å². The van der Waals surface area contributed by atoms with Crippen molar-refractivity contribution in [2.45, 2.75) is 20.3 Å². The number of carbonyl (C=O) groups is 2. The van der Waals surface area contributed by atoms with E-state index in [1.54, 1.807) is 27.9 Å². The highest BCUT2D eigenvalue weighted by molar-refractivity contribution is 5.98. The van der Waals surface area contributed by atoms with Gasteiger partial charge in [0.2, 0.25) is 5.91 Å². The van der Waals surface area contributed by atoms with Crippen molar-refractivity contribution < 1.29 is 9.59 Å². The van der Waals surface area contributed by atoms with Gasteiger partial charge < -0.3 is 4.90 Å². The van der Waals surface area contributed by atoms with Crippen LogP contribution in [0.4, 0.5) is 0 Å². The maximum atomic E-state index is 11.0. The van der Waals surface area contributed by atoms with Gasteiger partial charge in [-0.15, -0.1) is 0 Å². The quantitative estimate of drug-likeness (QED) is 0.565. The Hall–Kier alpha value is -0.860. The van der Waals surface area contributed by atoms with Gasteiger partial charge in [-0.25, -0.2) is 0 Å². The molecule has 0 fully saturated rings. The Labute approximate surface area is 67.4 Å². The van der Waals surface area contributed by atoms with Crippen molar-refractivity contribution in [3.63, 3.8) is 0 Å². The van der Waals surface area contributed by atoms with Crippen molar-refractivity contribution in [1.82, 2.24) is 4.90 Å². The molecule has 64 valence electrons. The van der Waals surface area contributed by atoms with Crippen molar-refractivity contribution in [2.75, 3.05) is 14.1 Å². The summed E-state index contributed by atoms with van der Waals surface area (Å²) >= 11 is 0. The molecule has 0 saturated carbocycles. The van der Waals surface area contributed by atoms with E-state index in [1.165, 1.54) is 4.90 Å². The first-order valence-corrected chi connectivity index (χ1v) is 3.68. The molecule has 0 saturated heterocycles. The Morgan fingerprint density at radius 3 is 2.00 bits per heavy atom. The Morgan fingerprint density at radius 2 is 1.73 bits per heavy atom. The summed E-state index contributed by atoms with van der Waals surface area (Å²) in [6.07, 6.45) is 0.0324. The van der Waals surface area contributed by atoms with E-state index in [0.717, 1.165) is 0 Å². The van der Waals surface area contributed by atoms with E-state index < -0.39 is 0 Å². The van der Waals surface area contributed by atoms with Gasteiger partial charge in [0.25, 0.3) is 0 Å². The molecule has 0 aliphatic rings. The van der Waals surface area contributed by atoms with Crippen molar-refractivity contribution in [3.05, 3.63) is 0 Å². The molecule has 0 heterocycles. The second-order valence-electron chi connectivity index (χ2n) is 3.09. The first kappa shape index (κ1) is 10.1. The Balaban J connectivity index is 3.86. The van der Waals surface area contributed by atoms with Gasteiger partial charge in [-0.05, 0) is 0 Å². The van der Waals surface area contributed by atoms with Gasteiger partial charge in [-0.3, -0.25) is 9.59 Å². The van der Waals surface area contributed by atoms with Gasteiger partial charge in [0.1, 0.15) is 5.78 Å². The lowest BCUT2D eigenvalue weighted by Gasteiger charge is -2.10. The van der Waals surface area contributed by atoms with Crippen LogP contribution in [0, 0.1) is 5.92 Å². The highest BCUT2D eigenvalue weighted by Gasteiger charge is 2.13. The van der Waals surface area contributed by atoms with Gasteiger partial charge in [0.05, 0.1) is 6.42 Å². The minimum absolute atomic E-state index is 0.00343. The standard InChI is InChI=1S/C8H15NO2/c1-6(2)7(10)5-8(11)9(3)4/h6H,5H2,1-4H3. The molecule has 0 aliphatic carbocycles.